The van der Waals surface area contributed by atoms with Gasteiger partial charge in [-0.3, -0.25) is 9.35 Å². The van der Waals surface area contributed by atoms with Gasteiger partial charge in [0.05, 0.1) is 19.8 Å². The molecule has 12 nitrogen and oxygen atoms in total. The fraction of sp³-hybridized carbons (Fsp3) is 0.812. The molecule has 0 amide bonds. The highest BCUT2D eigenvalue weighted by atomic mass is 32.3. The lowest BCUT2D eigenvalue weighted by atomic mass is 9.99. The molecule has 1 saturated heterocycles. The van der Waals surface area contributed by atoms with E-state index in [0.717, 1.165) is 77.0 Å². The number of ether oxygens (including phenoxy) is 4. The highest BCUT2D eigenvalue weighted by molar-refractivity contribution is 7.80. The minimum absolute atomic E-state index is 0.0246. The normalized spacial score (nSPS) is 20.5. The molecule has 61 heavy (non-hydrogen) atoms. The zero-order valence-electron chi connectivity index (χ0n) is 38.0. The number of hydrogen-bond donors (Lipinski definition) is 4. The Morgan fingerprint density at radius 1 is 0.639 bits per heavy atom. The summed E-state index contributed by atoms with van der Waals surface area (Å²) >= 11 is 0. The quantitative estimate of drug-likeness (QED) is 0.0198. The maximum Gasteiger partial charge on any atom is 0.397 e. The van der Waals surface area contributed by atoms with Crippen LogP contribution in [0.3, 0.4) is 0 Å². The molecule has 0 aliphatic carbocycles. The molecule has 13 heteroatoms. The van der Waals surface area contributed by atoms with E-state index in [0.29, 0.717) is 13.0 Å². The van der Waals surface area contributed by atoms with Crippen molar-refractivity contribution in [2.75, 3.05) is 26.4 Å². The minimum atomic E-state index is -5.07. The van der Waals surface area contributed by atoms with Crippen LogP contribution in [0.1, 0.15) is 187 Å². The molecule has 1 rings (SSSR count). The second kappa shape index (κ2) is 39.6. The lowest BCUT2D eigenvalue weighted by Gasteiger charge is -2.41. The van der Waals surface area contributed by atoms with E-state index in [9.17, 15) is 28.5 Å². The molecule has 1 aliphatic rings. The van der Waals surface area contributed by atoms with E-state index >= 15 is 0 Å². The molecule has 6 unspecified atom stereocenters. The molecule has 6 atom stereocenters. The fourth-order valence-corrected chi connectivity index (χ4v) is 7.60. The van der Waals surface area contributed by atoms with Gasteiger partial charge in [0.2, 0.25) is 0 Å². The molecule has 0 radical (unpaired) electrons. The van der Waals surface area contributed by atoms with Crippen LogP contribution in [0.25, 0.3) is 0 Å². The second-order valence-electron chi connectivity index (χ2n) is 16.3. The Bertz CT molecular complexity index is 1250. The molecule has 0 spiro atoms. The summed E-state index contributed by atoms with van der Waals surface area (Å²) in [6.07, 6.45) is 38.5. The van der Waals surface area contributed by atoms with Crippen molar-refractivity contribution in [3.05, 3.63) is 48.6 Å². The first-order valence-electron chi connectivity index (χ1n) is 23.9. The van der Waals surface area contributed by atoms with Crippen LogP contribution in [0.5, 0.6) is 0 Å². The minimum Gasteiger partial charge on any atom is -0.457 e. The smallest absolute Gasteiger partial charge is 0.397 e. The molecule has 4 N–H and O–H groups in total. The van der Waals surface area contributed by atoms with Crippen LogP contribution in [-0.2, 0) is 38.3 Å². The summed E-state index contributed by atoms with van der Waals surface area (Å²) < 4.78 is 59.1. The van der Waals surface area contributed by atoms with Crippen LogP contribution >= 0.6 is 0 Å². The molecular formula is C48H86O12S. The number of esters is 1. The van der Waals surface area contributed by atoms with Crippen molar-refractivity contribution in [1.29, 1.82) is 0 Å². The molecule has 1 fully saturated rings. The van der Waals surface area contributed by atoms with Gasteiger partial charge in [-0.15, -0.1) is 0 Å². The predicted molar refractivity (Wildman–Crippen MR) is 243 cm³/mol. The molecule has 356 valence electrons. The van der Waals surface area contributed by atoms with E-state index in [-0.39, 0.29) is 19.6 Å². The van der Waals surface area contributed by atoms with Crippen molar-refractivity contribution in [2.24, 2.45) is 0 Å². The molecule has 1 aliphatic heterocycles. The van der Waals surface area contributed by atoms with Gasteiger partial charge in [0.1, 0.15) is 30.5 Å². The highest BCUT2D eigenvalue weighted by Gasteiger charge is 2.48. The van der Waals surface area contributed by atoms with Crippen molar-refractivity contribution in [3.8, 4) is 0 Å². The third-order valence-corrected chi connectivity index (χ3v) is 11.2. The molecule has 1 heterocycles. The summed E-state index contributed by atoms with van der Waals surface area (Å²) in [5, 5.41) is 30.7. The third kappa shape index (κ3) is 33.3. The Hall–Kier alpha value is -1.94. The fourth-order valence-electron chi connectivity index (χ4n) is 7.09. The summed E-state index contributed by atoms with van der Waals surface area (Å²) in [5.41, 5.74) is 0. The summed E-state index contributed by atoms with van der Waals surface area (Å²) in [7, 11) is -5.07. The van der Waals surface area contributed by atoms with Crippen LogP contribution in [0.15, 0.2) is 48.6 Å². The lowest BCUT2D eigenvalue weighted by Crippen LogP contribution is -2.60. The SMILES string of the molecule is CC/C=C\C/C=C\C/C=C\CCCCCCCCOCC(COC1OC(CO)C(O)C(OS(=O)(=O)O)C1O)OC(=O)CCCCCCCCC/C=C\CCCCCCCCC. The van der Waals surface area contributed by atoms with Crippen LogP contribution in [0.2, 0.25) is 0 Å². The first kappa shape index (κ1) is 57.1. The van der Waals surface area contributed by atoms with Gasteiger partial charge < -0.3 is 34.3 Å². The zero-order chi connectivity index (χ0) is 44.7. The van der Waals surface area contributed by atoms with E-state index in [1.165, 1.54) is 83.5 Å². The van der Waals surface area contributed by atoms with E-state index in [1.807, 2.05) is 0 Å². The maximum absolute atomic E-state index is 12.9. The Morgan fingerprint density at radius 3 is 1.67 bits per heavy atom. The van der Waals surface area contributed by atoms with Gasteiger partial charge in [-0.1, -0.05) is 159 Å². The first-order chi connectivity index (χ1) is 29.6. The number of rotatable bonds is 41. The van der Waals surface area contributed by atoms with Gasteiger partial charge in [0, 0.05) is 13.0 Å². The number of unbranched alkanes of at least 4 members (excludes halogenated alkanes) is 20. The Morgan fingerprint density at radius 2 is 1.13 bits per heavy atom. The number of aliphatic hydroxyl groups excluding tert-OH is 3. The number of carbonyl (C=O) groups excluding carboxylic acids is 1. The summed E-state index contributed by atoms with van der Waals surface area (Å²) in [6.45, 7) is 3.85. The maximum atomic E-state index is 12.9. The average molecular weight is 887 g/mol. The number of aliphatic hydroxyl groups is 3. The van der Waals surface area contributed by atoms with Crippen LogP contribution in [0.4, 0.5) is 0 Å². The standard InChI is InChI=1S/C48H86O12S/c1-3-5-7-9-11-13-15-17-19-21-22-23-25-27-29-31-33-35-37-44(50)58-42(41-57-48-46(52)47(60-61(53,54)55)45(51)43(39-49)59-48)40-56-38-36-34-32-30-28-26-24-20-18-16-14-12-10-8-6-4-2/h6,8,12,14,18-21,42-43,45-49,51-52H,3-5,7,9-11,13,15-17,22-41H2,1-2H3,(H,53,54,55)/b8-6-,14-12-,20-18-,21-19-. The van der Waals surface area contributed by atoms with Crippen molar-refractivity contribution in [2.45, 2.75) is 224 Å². The first-order valence-corrected chi connectivity index (χ1v) is 25.3. The predicted octanol–water partition coefficient (Wildman–Crippen LogP) is 10.4. The lowest BCUT2D eigenvalue weighted by molar-refractivity contribution is -0.301. The zero-order valence-corrected chi connectivity index (χ0v) is 38.8. The number of allylic oxidation sites excluding steroid dienone is 8. The number of hydrogen-bond acceptors (Lipinski definition) is 11. The molecule has 0 bridgehead atoms. The molecule has 0 aromatic rings. The molecule has 0 saturated carbocycles. The third-order valence-electron chi connectivity index (χ3n) is 10.7. The summed E-state index contributed by atoms with van der Waals surface area (Å²) in [5.74, 6) is -0.409. The largest absolute Gasteiger partial charge is 0.457 e. The van der Waals surface area contributed by atoms with Crippen LogP contribution in [-0.4, -0.2) is 97.5 Å². The monoisotopic (exact) mass is 887 g/mol. The summed E-state index contributed by atoms with van der Waals surface area (Å²) in [4.78, 5) is 12.9. The van der Waals surface area contributed by atoms with Crippen molar-refractivity contribution >= 4 is 16.4 Å². The Labute approximate surface area is 370 Å². The van der Waals surface area contributed by atoms with Gasteiger partial charge in [-0.05, 0) is 70.6 Å². The topological polar surface area (TPSA) is 178 Å². The van der Waals surface area contributed by atoms with Crippen LogP contribution < -0.4 is 0 Å². The van der Waals surface area contributed by atoms with Crippen molar-refractivity contribution in [1.82, 2.24) is 0 Å². The van der Waals surface area contributed by atoms with E-state index < -0.39 is 59.8 Å². The van der Waals surface area contributed by atoms with Crippen molar-refractivity contribution < 1.29 is 56.2 Å². The molecule has 0 aromatic heterocycles. The molecular weight excluding hydrogens is 801 g/mol. The van der Waals surface area contributed by atoms with Gasteiger partial charge in [-0.2, -0.15) is 8.42 Å². The Kier molecular flexibility index (Phi) is 37.1. The van der Waals surface area contributed by atoms with Crippen LogP contribution in [0, 0.1) is 0 Å². The Balaban J connectivity index is 2.41. The average Bonchev–Trinajstić information content (AvgIpc) is 3.23. The molecule has 0 aromatic carbocycles. The van der Waals surface area contributed by atoms with E-state index in [4.69, 9.17) is 23.5 Å². The van der Waals surface area contributed by atoms with Gasteiger partial charge in [0.25, 0.3) is 0 Å². The van der Waals surface area contributed by atoms with Gasteiger partial charge >= 0.3 is 16.4 Å². The number of carbonyl (C=O) groups is 1. The highest BCUT2D eigenvalue weighted by Crippen LogP contribution is 2.26. The van der Waals surface area contributed by atoms with E-state index in [1.54, 1.807) is 0 Å². The van der Waals surface area contributed by atoms with E-state index in [2.05, 4.69) is 66.6 Å². The van der Waals surface area contributed by atoms with Gasteiger partial charge in [0.15, 0.2) is 6.29 Å². The van der Waals surface area contributed by atoms with Crippen molar-refractivity contribution in [3.63, 3.8) is 0 Å². The second-order valence-corrected chi connectivity index (χ2v) is 17.4. The van der Waals surface area contributed by atoms with Gasteiger partial charge in [-0.25, -0.2) is 4.18 Å². The summed E-state index contributed by atoms with van der Waals surface area (Å²) in [6, 6.07) is 0.